The lowest BCUT2D eigenvalue weighted by Gasteiger charge is -3.83. The van der Waals surface area contributed by atoms with Gasteiger partial charge in [0.1, 0.15) is 0 Å². The summed E-state index contributed by atoms with van der Waals surface area (Å²) >= 11 is 0. The van der Waals surface area contributed by atoms with Crippen LogP contribution >= 0.6 is 0 Å². The molecule has 0 aromatic rings. The van der Waals surface area contributed by atoms with Crippen molar-refractivity contribution in [3.8, 4) is 0 Å². The quantitative estimate of drug-likeness (QED) is 0.234. The highest BCUT2D eigenvalue weighted by molar-refractivity contribution is 6.89. The summed E-state index contributed by atoms with van der Waals surface area (Å²) in [6.45, 7) is 0. The third-order valence-electron chi connectivity index (χ3n) is 99.2. The van der Waals surface area contributed by atoms with Crippen LogP contribution in [0.1, 0.15) is 25.7 Å². The van der Waals surface area contributed by atoms with Crippen LogP contribution in [0.25, 0.3) is 0 Å². The van der Waals surface area contributed by atoms with Gasteiger partial charge in [0.25, 0.3) is 0 Å². The van der Waals surface area contributed by atoms with E-state index < -0.39 is 0 Å². The smallest absolute Gasteiger partial charge is 0.0000127 e. The molecule has 0 heterocycles. The Kier molecular flexibility index (Phi) is 1.29. The van der Waals surface area contributed by atoms with Gasteiger partial charge in [-0.15, -0.1) is 0 Å². The summed E-state index contributed by atoms with van der Waals surface area (Å²) in [6, 6.07) is 0. The zero-order chi connectivity index (χ0) is 55.5. The van der Waals surface area contributed by atoms with Crippen molar-refractivity contribution in [3.63, 3.8) is 0 Å². The Labute approximate surface area is 580 Å². The van der Waals surface area contributed by atoms with Crippen molar-refractivity contribution in [1.82, 2.24) is 0 Å². The van der Waals surface area contributed by atoms with E-state index in [-0.39, 0.29) is 0 Å². The first-order valence-corrected chi connectivity index (χ1v) is 51.8. The second-order valence-electron chi connectivity index (χ2n) is 70.9. The van der Waals surface area contributed by atoms with Crippen LogP contribution in [0.15, 0.2) is 0 Å². The predicted molar refractivity (Wildman–Crippen MR) is 317 cm³/mol. The van der Waals surface area contributed by atoms with Gasteiger partial charge in [0.05, 0.1) is 0 Å². The van der Waals surface area contributed by atoms with Crippen molar-refractivity contribution in [2.45, 2.75) is 25.7 Å². The maximum Gasteiger partial charge on any atom is -0.0000127 e. The van der Waals surface area contributed by atoms with Gasteiger partial charge in [-0.1, -0.05) is 0 Å². The molecule has 0 aromatic carbocycles. The van der Waals surface area contributed by atoms with Gasteiger partial charge in [-0.05, 0) is 584 Å². The fourth-order valence-electron chi connectivity index (χ4n) is 133. The molecule has 84 aliphatic carbocycles. The molecule has 84 saturated carbocycles. The molecular weight excluding hydrogens is 1250 g/mol. The molecule has 0 aliphatic heterocycles. The maximum atomic E-state index is 1.94. The van der Waals surface area contributed by atoms with Crippen LogP contribution in [-0.4, -0.2) is 0 Å². The topological polar surface area (TPSA) is 0 Å². The van der Waals surface area contributed by atoms with E-state index in [1.54, 1.807) is 0 Å². The molecule has 100 atom stereocenters. The number of fused-ring (bicyclic) bond motifs is 30. The lowest BCUT2D eigenvalue weighted by atomic mass is 8.18. The van der Waals surface area contributed by atoms with Gasteiger partial charge in [0.15, 0.2) is 0 Å². The summed E-state index contributed by atoms with van der Waals surface area (Å²) in [5.41, 5.74) is 76.5. The Morgan fingerprint density at radius 1 is 0.0865 bits per heavy atom. The van der Waals surface area contributed by atoms with Gasteiger partial charge >= 0.3 is 0 Å². The lowest BCUT2D eigenvalue weighted by Crippen LogP contribution is -3.79. The van der Waals surface area contributed by atoms with Crippen LogP contribution in [0.4, 0.5) is 0 Å². The minimum Gasteiger partial charge on any atom is -0.0458 e. The summed E-state index contributed by atoms with van der Waals surface area (Å²) in [5, 5.41) is 0. The van der Waals surface area contributed by atoms with E-state index in [0.29, 0.717) is 0 Å². The summed E-state index contributed by atoms with van der Waals surface area (Å²) < 4.78 is 0. The predicted octanol–water partition coefficient (Wildman–Crippen LogP) is 7.69. The minimum absolute atomic E-state index is 1.12. The normalized spacial score (nSPS) is 158. The van der Waals surface area contributed by atoms with Crippen LogP contribution in [0.2, 0.25) is 0 Å². The third kappa shape index (κ3) is 0.550. The van der Waals surface area contributed by atoms with Gasteiger partial charge in [0.2, 0.25) is 0 Å². The highest BCUT2D eigenvalue weighted by Gasteiger charge is 3.90. The zero-order valence-corrected chi connectivity index (χ0v) is 55.5. The van der Waals surface area contributed by atoms with Crippen molar-refractivity contribution in [3.05, 3.63) is 130 Å². The maximum absolute atomic E-state index is 1.94. The molecule has 98 unspecified atom stereocenters. The van der Waals surface area contributed by atoms with Gasteiger partial charge in [-0.2, -0.15) is 0 Å². The highest BCUT2D eigenvalue weighted by atomic mass is 15.9. The molecule has 84 rings (SSSR count). The van der Waals surface area contributed by atoms with Crippen molar-refractivity contribution in [2.75, 3.05) is 0 Å². The standard InChI is InChI=1S/C104H42/c1-5-13-21-22-14-6-2-10-18-27-31-35-38-36-32-28-20-12-4-8-16-24-23-15-7-3-11-19-26-30-34-37-33-29-25-17-9(1)39(5)43(13)51(21)52(22)44(14)40(6,10)48(18)56(27)61(31)65(35)68(38)66(36)62(32)58(28)50(20)42(8,12)46(16)54(24)53(23)45(15)41(7,11)49(19)57(26)60(30)64(34)67(37)63(33)59(29)55(25)47(17,39)69(43)73(51)74(52)70(44,48)78(56)82(61)87(65)90(68)88(66)84(62)80(58)72(46,50)76(54)75(53)71(45,49)79(57)83(60)86(64)89(67)85(63)81(59)77(55,69)91(73)92(74,78)96(82)95(81,91)99(85)100(87,96)104(90)102(88)98(84)94(76,80)93(75,79)97(83,98)101(86,102)103(89,99)104/h5-38H,1-4H2/t5?,6?,7?,8?,9?,10?,11?,12?,13?,14?,15?,16?,17?,18?,19?,20?,21-,22?,23?,24?,25+,26?,27?,28?,29?,30?,31?,32?,33?,34?,35?,36?,37?,38?,39?,40?,41?,42?,43?,44?,45?,46?,47?,48?,49?,50?,51?,52?,53?,54?,55?,56?,57?,58?,59?,60?,61?,62?,63?,64?,65?,66?,67?,68?,69?,70?,71?,72?,73?,74?,75?,76?,77?,78?,79?,80?,81?,82?,83?,84?,85?,86?,87?,88?,89?,90?,91?,92?,93?,94?,95?,96?,97?,98?,99?,100?,101?,102?,103?,104?/m1/s1. The molecule has 0 heteroatoms. The van der Waals surface area contributed by atoms with E-state index in [9.17, 15) is 0 Å². The Balaban J connectivity index is 0.595. The molecule has 0 radical (unpaired) electrons. The molecule has 0 bridgehead atoms. The molecule has 104 heavy (non-hydrogen) atoms. The van der Waals surface area contributed by atoms with Crippen molar-refractivity contribution in [1.29, 1.82) is 0 Å². The fraction of sp³-hybridized carbons (Fsp3) is 1.00. The number of hydrogen-bond donors (Lipinski definition) is 0. The SMILES string of the molecule is C1C2C3C4C5C6C7CC8C9C%10C%11C%12C%13C%14C%15[C@@H]%16C%17C%18CC%19C%20[C@@H]%21C%22C%23C%24CC%25C%26C%27C%28C%29C%30C%31C%32C%33C%34C1C21C32C43C54C65C78C96C%107C%118C%129C%13%10C%14%11C%15%12C%16%13C%17%14C%19%18C%20%15C%21%16C%22%17C%23%18C%25%24C%26%19C%27%20C%28%21C%29%22C%30%23C%31%24C%32%25C%33%26C%341C21C32C43C56C74C85C96C%107C%118C%129C%13%10C%15%14C%16%11C%17%12C%19%18C%20%13C%21%14C%22%15C%23%16C%24%17C%25%18C%261C21C34C52C%181C%171C62C72C83C94C%11%10C%13%12C%144C%153C%1612. The van der Waals surface area contributed by atoms with Crippen molar-refractivity contribution < 1.29 is 0 Å². The molecule has 84 fully saturated rings. The van der Waals surface area contributed by atoms with Crippen LogP contribution in [0.5, 0.6) is 0 Å². The average Bonchev–Trinajstić information content (AvgIpc) is 0.393. The van der Waals surface area contributed by atoms with E-state index in [4.69, 9.17) is 0 Å². The van der Waals surface area contributed by atoms with E-state index in [1.165, 1.54) is 374 Å². The first-order valence-electron chi connectivity index (χ1n) is 51.8. The largest absolute Gasteiger partial charge is 0.0458 e. The van der Waals surface area contributed by atoms with E-state index in [1.807, 2.05) is 25.7 Å². The molecule has 66 spiro atoms. The van der Waals surface area contributed by atoms with Crippen LogP contribution in [-0.2, 0) is 0 Å². The molecule has 0 aromatic heterocycles. The van der Waals surface area contributed by atoms with E-state index in [2.05, 4.69) is 0 Å². The number of hydrogen-bond acceptors (Lipinski definition) is 0. The Bertz CT molecular complexity index is 8020. The van der Waals surface area contributed by atoms with Crippen molar-refractivity contribution in [2.24, 2.45) is 429 Å². The van der Waals surface area contributed by atoms with Crippen molar-refractivity contribution >= 4 is 0 Å². The summed E-state index contributed by atoms with van der Waals surface area (Å²) in [5.74, 6) is 49.6. The first-order chi connectivity index (χ1) is 51.8. The fourth-order valence-corrected chi connectivity index (χ4v) is 133. The summed E-state index contributed by atoms with van der Waals surface area (Å²) in [7, 11) is 0. The van der Waals surface area contributed by atoms with Crippen LogP contribution in [0, 0.1) is 559 Å². The molecule has 0 nitrogen and oxygen atoms in total. The Hall–Kier alpha value is 0. The van der Waals surface area contributed by atoms with Gasteiger partial charge in [-0.25, -0.2) is 0 Å². The molecule has 458 valence electrons. The van der Waals surface area contributed by atoms with E-state index >= 15 is 0 Å². The minimum atomic E-state index is 1.12. The molecular formula is C104H42. The lowest BCUT2D eigenvalue weighted by molar-refractivity contribution is -1.16. The van der Waals surface area contributed by atoms with Gasteiger partial charge in [0, 0.05) is 0 Å². The first kappa shape index (κ1) is 31.6. The monoisotopic (exact) mass is 1290 g/mol. The van der Waals surface area contributed by atoms with Gasteiger partial charge in [-0.3, -0.25) is 0 Å². The van der Waals surface area contributed by atoms with Gasteiger partial charge < -0.3 is 0 Å². The van der Waals surface area contributed by atoms with Crippen LogP contribution in [0.3, 0.4) is 0 Å². The molecule has 0 saturated heterocycles. The van der Waals surface area contributed by atoms with E-state index in [0.717, 1.165) is 184 Å². The van der Waals surface area contributed by atoms with Crippen LogP contribution < -0.4 is 0 Å². The Morgan fingerprint density at radius 3 is 0.317 bits per heavy atom. The third-order valence-corrected chi connectivity index (χ3v) is 99.2. The zero-order valence-electron chi connectivity index (χ0n) is 55.5. The average molecular weight is 1290 g/mol. The summed E-state index contributed by atoms with van der Waals surface area (Å²) in [4.78, 5) is 0. The summed E-state index contributed by atoms with van der Waals surface area (Å²) in [6.07, 6.45) is 7.77. The second-order valence-corrected chi connectivity index (χ2v) is 70.9. The number of rotatable bonds is 0. The molecule has 84 aliphatic rings. The molecule has 0 amide bonds. The molecule has 0 N–H and O–H groups in total. The second kappa shape index (κ2) is 4.25. The highest BCUT2D eigenvalue weighted by Crippen LogP contribution is 3.95. The Morgan fingerprint density at radius 2 is 0.183 bits per heavy atom.